The van der Waals surface area contributed by atoms with Gasteiger partial charge in [-0.1, -0.05) is 22.0 Å². The van der Waals surface area contributed by atoms with Crippen LogP contribution in [0.1, 0.15) is 44.9 Å². The minimum absolute atomic E-state index is 0.0494. The summed E-state index contributed by atoms with van der Waals surface area (Å²) >= 11 is 3.36. The van der Waals surface area contributed by atoms with E-state index >= 15 is 4.39 Å². The van der Waals surface area contributed by atoms with Crippen molar-refractivity contribution in [3.63, 3.8) is 0 Å². The molecule has 1 aliphatic heterocycles. The van der Waals surface area contributed by atoms with Crippen LogP contribution in [0.5, 0.6) is 0 Å². The number of imide groups is 3. The number of halogens is 2. The van der Waals surface area contributed by atoms with Gasteiger partial charge in [0.15, 0.2) is 0 Å². The first-order valence-electron chi connectivity index (χ1n) is 8.79. The maximum atomic E-state index is 16.0. The Morgan fingerprint density at radius 3 is 2.61 bits per heavy atom. The Morgan fingerprint density at radius 1 is 1.29 bits per heavy atom. The van der Waals surface area contributed by atoms with Gasteiger partial charge in [-0.3, -0.25) is 14.6 Å². The van der Waals surface area contributed by atoms with E-state index in [1.807, 2.05) is 0 Å². The van der Waals surface area contributed by atoms with Gasteiger partial charge in [0.25, 0.3) is 5.91 Å². The molecule has 0 radical (unpaired) electrons. The lowest BCUT2D eigenvalue weighted by molar-refractivity contribution is -0.158. The van der Waals surface area contributed by atoms with Crippen molar-refractivity contribution >= 4 is 44.7 Å². The minimum atomic E-state index is -2.54. The Hall–Kier alpha value is -2.35. The van der Waals surface area contributed by atoms with Gasteiger partial charge in [-0.05, 0) is 45.9 Å². The Morgan fingerprint density at radius 2 is 1.96 bits per heavy atom. The van der Waals surface area contributed by atoms with Crippen LogP contribution in [-0.2, 0) is 20.0 Å². The van der Waals surface area contributed by atoms with Crippen LogP contribution in [0.25, 0.3) is 10.9 Å². The molecule has 1 fully saturated rings. The van der Waals surface area contributed by atoms with Crippen molar-refractivity contribution in [1.82, 2.24) is 9.88 Å². The first-order valence-corrected chi connectivity index (χ1v) is 9.58. The van der Waals surface area contributed by atoms with Crippen LogP contribution in [0.2, 0.25) is 0 Å². The lowest BCUT2D eigenvalue weighted by atomic mass is 9.85. The maximum Gasteiger partial charge on any atom is 0.424 e. The molecule has 28 heavy (non-hydrogen) atoms. The van der Waals surface area contributed by atoms with Gasteiger partial charge < -0.3 is 4.74 Å². The number of rotatable bonds is 1. The van der Waals surface area contributed by atoms with Gasteiger partial charge in [-0.15, -0.1) is 0 Å². The predicted molar refractivity (Wildman–Crippen MR) is 104 cm³/mol. The molecule has 0 saturated carbocycles. The van der Waals surface area contributed by atoms with Crippen LogP contribution in [0.4, 0.5) is 9.18 Å². The topological polar surface area (TPSA) is 76.6 Å². The Balaban J connectivity index is 2.05. The number of nitrogens with zero attached hydrogens (tertiary/aromatic N) is 2. The number of carbonyl (C=O) groups excluding carboxylic acids is 3. The molecule has 0 bridgehead atoms. The lowest BCUT2D eigenvalue weighted by Crippen LogP contribution is -2.55. The fraction of sp³-hybridized carbons (Fsp3) is 0.400. The van der Waals surface area contributed by atoms with E-state index in [0.717, 1.165) is 4.47 Å². The fourth-order valence-corrected chi connectivity index (χ4v) is 3.52. The molecule has 6 nitrogen and oxygen atoms in total. The smallest absolute Gasteiger partial charge is 0.424 e. The zero-order valence-corrected chi connectivity index (χ0v) is 17.6. The standard InChI is InChI=1S/C20H20BrFN2O4/c1-11-14(9-12-5-6-13(21)10-15(12)23-11)20(22)8-7-16(25)24(17(20)26)18(27)28-19(2,3)4/h5-6,9-10H,7-8H2,1-4H3. The van der Waals surface area contributed by atoms with Crippen molar-refractivity contribution in [2.75, 3.05) is 0 Å². The number of alkyl halides is 1. The van der Waals surface area contributed by atoms with E-state index in [4.69, 9.17) is 4.74 Å². The molecule has 0 aliphatic carbocycles. The lowest BCUT2D eigenvalue weighted by Gasteiger charge is -2.35. The van der Waals surface area contributed by atoms with Gasteiger partial charge >= 0.3 is 6.09 Å². The van der Waals surface area contributed by atoms with Crippen molar-refractivity contribution in [2.24, 2.45) is 0 Å². The van der Waals surface area contributed by atoms with E-state index in [0.29, 0.717) is 16.6 Å². The third kappa shape index (κ3) is 3.65. The molecular weight excluding hydrogens is 431 g/mol. The largest absolute Gasteiger partial charge is 0.443 e. The Labute approximate surface area is 170 Å². The van der Waals surface area contributed by atoms with Gasteiger partial charge in [0, 0.05) is 34.0 Å². The molecule has 1 unspecified atom stereocenters. The second-order valence-corrected chi connectivity index (χ2v) is 8.69. The SMILES string of the molecule is Cc1nc2cc(Br)ccc2cc1C1(F)CCC(=O)N(C(=O)OC(C)(C)C)C1=O. The number of piperidine rings is 1. The average Bonchev–Trinajstić information content (AvgIpc) is 2.56. The molecule has 0 spiro atoms. The van der Waals surface area contributed by atoms with Crippen molar-refractivity contribution in [3.05, 3.63) is 40.0 Å². The predicted octanol–water partition coefficient (Wildman–Crippen LogP) is 4.55. The molecule has 1 saturated heterocycles. The van der Waals surface area contributed by atoms with Gasteiger partial charge in [-0.25, -0.2) is 9.18 Å². The van der Waals surface area contributed by atoms with Gasteiger partial charge in [0.05, 0.1) is 5.52 Å². The molecular formula is C20H20BrFN2O4. The van der Waals surface area contributed by atoms with E-state index in [9.17, 15) is 14.4 Å². The number of benzene rings is 1. The van der Waals surface area contributed by atoms with Crippen LogP contribution >= 0.6 is 15.9 Å². The highest BCUT2D eigenvalue weighted by molar-refractivity contribution is 9.10. The third-order valence-corrected chi connectivity index (χ3v) is 4.94. The number of amides is 3. The Kier molecular flexibility index (Phi) is 5.04. The number of pyridine rings is 1. The molecule has 1 aromatic carbocycles. The molecule has 1 aromatic heterocycles. The normalized spacial score (nSPS) is 20.6. The van der Waals surface area contributed by atoms with E-state index in [1.54, 1.807) is 52.0 Å². The highest BCUT2D eigenvalue weighted by atomic mass is 79.9. The number of aryl methyl sites for hydroxylation is 1. The first kappa shape index (κ1) is 20.4. The summed E-state index contributed by atoms with van der Waals surface area (Å²) in [6.45, 7) is 6.39. The van der Waals surface area contributed by atoms with E-state index < -0.39 is 29.2 Å². The second-order valence-electron chi connectivity index (χ2n) is 7.77. The van der Waals surface area contributed by atoms with E-state index in [-0.39, 0.29) is 23.3 Å². The van der Waals surface area contributed by atoms with Crippen LogP contribution in [0.3, 0.4) is 0 Å². The van der Waals surface area contributed by atoms with Crippen molar-refractivity contribution in [3.8, 4) is 0 Å². The van der Waals surface area contributed by atoms with Gasteiger partial charge in [0.1, 0.15) is 5.60 Å². The molecule has 148 valence electrons. The van der Waals surface area contributed by atoms with Crippen molar-refractivity contribution in [2.45, 2.75) is 51.8 Å². The summed E-state index contributed by atoms with van der Waals surface area (Å²) in [6, 6.07) is 6.87. The quantitative estimate of drug-likeness (QED) is 0.595. The monoisotopic (exact) mass is 450 g/mol. The molecule has 1 aliphatic rings. The van der Waals surface area contributed by atoms with Crippen LogP contribution in [0.15, 0.2) is 28.7 Å². The minimum Gasteiger partial charge on any atom is -0.443 e. The second kappa shape index (κ2) is 6.92. The number of hydrogen-bond donors (Lipinski definition) is 0. The fourth-order valence-electron chi connectivity index (χ4n) is 3.17. The molecule has 3 amide bonds. The summed E-state index contributed by atoms with van der Waals surface area (Å²) < 4.78 is 21.9. The molecule has 2 heterocycles. The van der Waals surface area contributed by atoms with Crippen molar-refractivity contribution in [1.29, 1.82) is 0 Å². The summed E-state index contributed by atoms with van der Waals surface area (Å²) in [7, 11) is 0. The van der Waals surface area contributed by atoms with Crippen LogP contribution in [-0.4, -0.2) is 33.4 Å². The van der Waals surface area contributed by atoms with E-state index in [2.05, 4.69) is 20.9 Å². The number of fused-ring (bicyclic) bond motifs is 1. The van der Waals surface area contributed by atoms with Crippen LogP contribution < -0.4 is 0 Å². The third-order valence-electron chi connectivity index (χ3n) is 4.45. The summed E-state index contributed by atoms with van der Waals surface area (Å²) in [5, 5.41) is 0.648. The average molecular weight is 451 g/mol. The highest BCUT2D eigenvalue weighted by Crippen LogP contribution is 2.40. The number of likely N-dealkylation sites (tertiary alicyclic amines) is 1. The number of carbonyl (C=O) groups is 3. The highest BCUT2D eigenvalue weighted by Gasteiger charge is 2.53. The van der Waals surface area contributed by atoms with E-state index in [1.165, 1.54) is 0 Å². The van der Waals surface area contributed by atoms with Gasteiger partial charge in [-0.2, -0.15) is 4.90 Å². The molecule has 1 atom stereocenters. The summed E-state index contributed by atoms with van der Waals surface area (Å²) in [4.78, 5) is 42.2. The van der Waals surface area contributed by atoms with Crippen molar-refractivity contribution < 1.29 is 23.5 Å². The number of hydrogen-bond acceptors (Lipinski definition) is 5. The summed E-state index contributed by atoms with van der Waals surface area (Å²) in [5.74, 6) is -2.01. The zero-order valence-electron chi connectivity index (χ0n) is 16.0. The Bertz CT molecular complexity index is 1000. The van der Waals surface area contributed by atoms with Crippen LogP contribution in [0, 0.1) is 6.92 Å². The molecule has 2 aromatic rings. The first-order chi connectivity index (χ1) is 12.9. The number of aromatic nitrogens is 1. The summed E-state index contributed by atoms with van der Waals surface area (Å²) in [6.07, 6.45) is -1.81. The molecule has 0 N–H and O–H groups in total. The molecule has 3 rings (SSSR count). The summed E-state index contributed by atoms with van der Waals surface area (Å²) in [5.41, 5.74) is -2.46. The maximum absolute atomic E-state index is 16.0. The molecule has 8 heteroatoms. The van der Waals surface area contributed by atoms with Gasteiger partial charge in [0.2, 0.25) is 11.6 Å². The zero-order chi connectivity index (χ0) is 20.9. The number of ether oxygens (including phenoxy) is 1.